The van der Waals surface area contributed by atoms with Gasteiger partial charge < -0.3 is 10.1 Å². The molecule has 2 N–H and O–H groups in total. The van der Waals surface area contributed by atoms with Crippen molar-refractivity contribution < 1.29 is 5.11 Å². The first-order valence-corrected chi connectivity index (χ1v) is 11.8. The highest BCUT2D eigenvalue weighted by atomic mass is 127. The van der Waals surface area contributed by atoms with Crippen LogP contribution in [0.1, 0.15) is 95.6 Å². The van der Waals surface area contributed by atoms with Gasteiger partial charge in [-0.15, -0.1) is 0 Å². The van der Waals surface area contributed by atoms with Crippen molar-refractivity contribution in [3.05, 3.63) is 33.5 Å². The van der Waals surface area contributed by atoms with E-state index in [1.807, 2.05) is 0 Å². The lowest BCUT2D eigenvalue weighted by molar-refractivity contribution is 0.00898. The number of para-hydroxylation sites is 1. The summed E-state index contributed by atoms with van der Waals surface area (Å²) < 4.78 is 1.21. The number of nitrogens with one attached hydrogen (secondary N) is 1. The van der Waals surface area contributed by atoms with Gasteiger partial charge in [0.2, 0.25) is 0 Å². The van der Waals surface area contributed by atoms with Gasteiger partial charge in [-0.2, -0.15) is 0 Å². The predicted octanol–water partition coefficient (Wildman–Crippen LogP) is 7.44. The lowest BCUT2D eigenvalue weighted by Crippen LogP contribution is -2.27. The van der Waals surface area contributed by atoms with Crippen molar-refractivity contribution in [3.8, 4) is 0 Å². The second-order valence-electron chi connectivity index (χ2n) is 8.13. The van der Waals surface area contributed by atoms with Gasteiger partial charge in [-0.05, 0) is 41.5 Å². The second-order valence-corrected chi connectivity index (χ2v) is 9.21. The molecule has 0 aliphatic heterocycles. The maximum Gasteiger partial charge on any atom is 0.105 e. The molecule has 2 nitrogen and oxygen atoms in total. The molecule has 1 fully saturated rings. The maximum absolute atomic E-state index is 11.7. The van der Waals surface area contributed by atoms with E-state index in [1.165, 1.54) is 73.2 Å². The van der Waals surface area contributed by atoms with Gasteiger partial charge in [-0.25, -0.2) is 0 Å². The Labute approximate surface area is 172 Å². The van der Waals surface area contributed by atoms with Crippen LogP contribution < -0.4 is 0 Å². The van der Waals surface area contributed by atoms with Crippen molar-refractivity contribution >= 4 is 33.5 Å². The lowest BCUT2D eigenvalue weighted by Gasteiger charge is -2.28. The van der Waals surface area contributed by atoms with E-state index in [9.17, 15) is 5.11 Å². The summed E-state index contributed by atoms with van der Waals surface area (Å²) >= 11 is 2.42. The van der Waals surface area contributed by atoms with E-state index < -0.39 is 5.60 Å². The van der Waals surface area contributed by atoms with E-state index in [0.29, 0.717) is 0 Å². The molecule has 0 saturated heterocycles. The van der Waals surface area contributed by atoms with Gasteiger partial charge in [0.15, 0.2) is 0 Å². The molecule has 26 heavy (non-hydrogen) atoms. The van der Waals surface area contributed by atoms with Crippen LogP contribution in [0, 0.1) is 3.57 Å². The Hall–Kier alpha value is -0.550. The Balaban J connectivity index is 1.75. The Morgan fingerprint density at radius 2 is 1.19 bits per heavy atom. The molecule has 0 atom stereocenters. The molecular formula is C23H34INO. The predicted molar refractivity (Wildman–Crippen MR) is 120 cm³/mol. The Morgan fingerprint density at radius 3 is 1.69 bits per heavy atom. The van der Waals surface area contributed by atoms with Crippen LogP contribution in [0.15, 0.2) is 24.3 Å². The third kappa shape index (κ3) is 5.25. The number of fused-ring (bicyclic) bond motifs is 1. The molecule has 0 spiro atoms. The summed E-state index contributed by atoms with van der Waals surface area (Å²) in [7, 11) is 0. The van der Waals surface area contributed by atoms with Gasteiger partial charge in [0, 0.05) is 14.5 Å². The lowest BCUT2D eigenvalue weighted by atomic mass is 9.87. The van der Waals surface area contributed by atoms with Crippen LogP contribution in [0.3, 0.4) is 0 Å². The number of aliphatic hydroxyl groups is 1. The fourth-order valence-corrected chi connectivity index (χ4v) is 5.51. The zero-order valence-electron chi connectivity index (χ0n) is 16.0. The molecule has 0 bridgehead atoms. The largest absolute Gasteiger partial charge is 0.384 e. The zero-order chi connectivity index (χ0) is 18.2. The normalized spacial score (nSPS) is 21.2. The van der Waals surface area contributed by atoms with Crippen molar-refractivity contribution in [2.45, 2.75) is 95.5 Å². The molecule has 3 rings (SSSR count). The summed E-state index contributed by atoms with van der Waals surface area (Å²) in [4.78, 5) is 3.56. The van der Waals surface area contributed by atoms with Crippen LogP contribution in [0.4, 0.5) is 0 Å². The molecule has 0 radical (unpaired) electrons. The van der Waals surface area contributed by atoms with Gasteiger partial charge >= 0.3 is 0 Å². The molecule has 1 aromatic carbocycles. The molecule has 1 aliphatic carbocycles. The number of benzene rings is 1. The molecule has 0 unspecified atom stereocenters. The number of aromatic nitrogens is 1. The summed E-state index contributed by atoms with van der Waals surface area (Å²) in [5, 5.41) is 12.9. The highest BCUT2D eigenvalue weighted by Crippen LogP contribution is 2.38. The number of aromatic amines is 1. The number of halogens is 1. The van der Waals surface area contributed by atoms with E-state index in [-0.39, 0.29) is 0 Å². The molecule has 1 aliphatic rings. The van der Waals surface area contributed by atoms with Gasteiger partial charge in [-0.1, -0.05) is 95.2 Å². The van der Waals surface area contributed by atoms with Crippen LogP contribution in [0.5, 0.6) is 0 Å². The highest BCUT2D eigenvalue weighted by Gasteiger charge is 2.32. The Bertz CT molecular complexity index is 662. The third-order valence-electron chi connectivity index (χ3n) is 6.04. The number of H-pyrrole nitrogens is 1. The first-order chi connectivity index (χ1) is 12.7. The average Bonchev–Trinajstić information content (AvgIpc) is 2.99. The summed E-state index contributed by atoms with van der Waals surface area (Å²) in [5.41, 5.74) is 1.51. The highest BCUT2D eigenvalue weighted by molar-refractivity contribution is 14.1. The summed E-state index contributed by atoms with van der Waals surface area (Å²) in [5.74, 6) is 0. The fraction of sp³-hybridized carbons (Fsp3) is 0.652. The van der Waals surface area contributed by atoms with Crippen molar-refractivity contribution in [1.82, 2.24) is 4.98 Å². The number of hydrogen-bond acceptors (Lipinski definition) is 1. The third-order valence-corrected chi connectivity index (χ3v) is 7.16. The molecule has 3 heteroatoms. The monoisotopic (exact) mass is 467 g/mol. The molecule has 144 valence electrons. The average molecular weight is 467 g/mol. The molecule has 1 heterocycles. The minimum Gasteiger partial charge on any atom is -0.384 e. The van der Waals surface area contributed by atoms with Crippen LogP contribution >= 0.6 is 22.6 Å². The van der Waals surface area contributed by atoms with Gasteiger partial charge in [-0.3, -0.25) is 0 Å². The van der Waals surface area contributed by atoms with Crippen molar-refractivity contribution in [3.63, 3.8) is 0 Å². The SMILES string of the molecule is OC1(c2[nH]c3ccccc3c2I)CCCCCCCCCCCCCC1. The van der Waals surface area contributed by atoms with E-state index in [1.54, 1.807) is 0 Å². The van der Waals surface area contributed by atoms with E-state index >= 15 is 0 Å². The first kappa shape index (κ1) is 20.2. The molecule has 1 aromatic heterocycles. The van der Waals surface area contributed by atoms with Crippen LogP contribution in [-0.4, -0.2) is 10.1 Å². The topological polar surface area (TPSA) is 36.0 Å². The van der Waals surface area contributed by atoms with E-state index in [2.05, 4.69) is 51.8 Å². The summed E-state index contributed by atoms with van der Waals surface area (Å²) in [6, 6.07) is 8.44. The van der Waals surface area contributed by atoms with Gasteiger partial charge in [0.25, 0.3) is 0 Å². The first-order valence-electron chi connectivity index (χ1n) is 10.7. The van der Waals surface area contributed by atoms with Crippen molar-refractivity contribution in [2.24, 2.45) is 0 Å². The smallest absolute Gasteiger partial charge is 0.105 e. The van der Waals surface area contributed by atoms with E-state index in [0.717, 1.165) is 36.9 Å². The van der Waals surface area contributed by atoms with Crippen molar-refractivity contribution in [1.29, 1.82) is 0 Å². The zero-order valence-corrected chi connectivity index (χ0v) is 18.2. The Morgan fingerprint density at radius 1 is 0.731 bits per heavy atom. The quantitative estimate of drug-likeness (QED) is 0.420. The number of hydrogen-bond donors (Lipinski definition) is 2. The minimum atomic E-state index is -0.699. The van der Waals surface area contributed by atoms with Crippen molar-refractivity contribution in [2.75, 3.05) is 0 Å². The Kier molecular flexibility index (Phi) is 7.86. The fourth-order valence-electron chi connectivity index (χ4n) is 4.41. The molecule has 1 saturated carbocycles. The molecular weight excluding hydrogens is 433 g/mol. The summed E-state index contributed by atoms with van der Waals surface area (Å²) in [6.07, 6.45) is 17.5. The molecule has 2 aromatic rings. The van der Waals surface area contributed by atoms with Crippen LogP contribution in [0.25, 0.3) is 10.9 Å². The van der Waals surface area contributed by atoms with E-state index in [4.69, 9.17) is 0 Å². The van der Waals surface area contributed by atoms with Gasteiger partial charge in [0.1, 0.15) is 5.60 Å². The minimum absolute atomic E-state index is 0.699. The van der Waals surface area contributed by atoms with Crippen LogP contribution in [-0.2, 0) is 5.60 Å². The van der Waals surface area contributed by atoms with Gasteiger partial charge in [0.05, 0.1) is 5.69 Å². The number of rotatable bonds is 1. The molecule has 0 amide bonds. The van der Waals surface area contributed by atoms with Crippen LogP contribution in [0.2, 0.25) is 0 Å². The summed E-state index contributed by atoms with van der Waals surface area (Å²) in [6.45, 7) is 0. The second kappa shape index (κ2) is 10.1. The maximum atomic E-state index is 11.7. The standard InChI is InChI=1S/C23H34INO/c24-21-19-15-11-12-16-20(19)25-22(21)23(26)17-13-9-7-5-3-1-2-4-6-8-10-14-18-23/h11-12,15-16,25-26H,1-10,13-14,17-18H2.